The Morgan fingerprint density at radius 2 is 1.61 bits per heavy atom. The van der Waals surface area contributed by atoms with E-state index in [1.807, 2.05) is 13.8 Å². The van der Waals surface area contributed by atoms with Crippen LogP contribution in [0.4, 0.5) is 0 Å². The molecule has 0 rings (SSSR count). The topological polar surface area (TPSA) is 84.9 Å². The van der Waals surface area contributed by atoms with Crippen LogP contribution >= 0.6 is 0 Å². The number of amides is 1. The van der Waals surface area contributed by atoms with Gasteiger partial charge in [-0.2, -0.15) is 0 Å². The Morgan fingerprint density at radius 1 is 1.11 bits per heavy atom. The van der Waals surface area contributed by atoms with Gasteiger partial charge in [-0.1, -0.05) is 13.8 Å². The summed E-state index contributed by atoms with van der Waals surface area (Å²) in [4.78, 5) is 22.5. The van der Waals surface area contributed by atoms with Crippen LogP contribution in [-0.2, 0) is 19.1 Å². The summed E-state index contributed by atoms with van der Waals surface area (Å²) in [6, 6.07) is 0. The van der Waals surface area contributed by atoms with Crippen molar-refractivity contribution < 1.29 is 24.2 Å². The zero-order valence-electron chi connectivity index (χ0n) is 11.4. The molecule has 0 aliphatic heterocycles. The van der Waals surface area contributed by atoms with Crippen molar-refractivity contribution in [3.05, 3.63) is 0 Å². The smallest absolute Gasteiger partial charge is 0.307 e. The number of carbonyl (C=O) groups excluding carboxylic acids is 1. The van der Waals surface area contributed by atoms with Crippen molar-refractivity contribution in [2.24, 2.45) is 11.8 Å². The fraction of sp³-hybridized carbons (Fsp3) is 0.833. The predicted molar refractivity (Wildman–Crippen MR) is 66.0 cm³/mol. The lowest BCUT2D eigenvalue weighted by Crippen LogP contribution is -2.40. The van der Waals surface area contributed by atoms with Crippen molar-refractivity contribution >= 4 is 11.9 Å². The van der Waals surface area contributed by atoms with E-state index in [1.54, 1.807) is 6.92 Å². The quantitative estimate of drug-likeness (QED) is 0.601. The molecule has 6 nitrogen and oxygen atoms in total. The molecule has 0 aromatic rings. The molecule has 0 aliphatic rings. The van der Waals surface area contributed by atoms with Crippen LogP contribution in [0.15, 0.2) is 0 Å². The number of carboxylic acids is 1. The molecule has 2 N–H and O–H groups in total. The van der Waals surface area contributed by atoms with Crippen molar-refractivity contribution in [2.45, 2.75) is 34.0 Å². The number of rotatable bonds is 9. The number of aliphatic carboxylic acids is 1. The lowest BCUT2D eigenvalue weighted by molar-refractivity contribution is -0.148. The third kappa shape index (κ3) is 5.97. The maximum atomic E-state index is 11.7. The zero-order chi connectivity index (χ0) is 14.1. The molecule has 106 valence electrons. The minimum Gasteiger partial charge on any atom is -0.481 e. The van der Waals surface area contributed by atoms with Crippen LogP contribution in [0.1, 0.15) is 27.7 Å². The van der Waals surface area contributed by atoms with E-state index in [1.165, 1.54) is 6.92 Å². The first-order valence-corrected chi connectivity index (χ1v) is 6.17. The summed E-state index contributed by atoms with van der Waals surface area (Å²) in [5.74, 6) is -2.60. The number of carbonyl (C=O) groups is 2. The summed E-state index contributed by atoms with van der Waals surface area (Å²) < 4.78 is 10.5. The first-order chi connectivity index (χ1) is 8.43. The van der Waals surface area contributed by atoms with Gasteiger partial charge in [-0.3, -0.25) is 9.59 Å². The second-order valence-corrected chi connectivity index (χ2v) is 4.00. The Labute approximate surface area is 108 Å². The molecule has 2 atom stereocenters. The van der Waals surface area contributed by atoms with E-state index in [2.05, 4.69) is 5.32 Å². The molecule has 0 aromatic carbocycles. The minimum absolute atomic E-state index is 0.219. The molecule has 0 saturated carbocycles. The molecular weight excluding hydrogens is 238 g/mol. The highest BCUT2D eigenvalue weighted by molar-refractivity contribution is 5.84. The molecule has 0 aromatic heterocycles. The van der Waals surface area contributed by atoms with Gasteiger partial charge in [0, 0.05) is 19.1 Å². The summed E-state index contributed by atoms with van der Waals surface area (Å²) in [7, 11) is 0. The minimum atomic E-state index is -0.983. The number of hydrogen-bond donors (Lipinski definition) is 2. The van der Waals surface area contributed by atoms with Crippen LogP contribution in [-0.4, -0.2) is 43.0 Å². The highest BCUT2D eigenvalue weighted by atomic mass is 16.7. The molecule has 0 heterocycles. The van der Waals surface area contributed by atoms with Crippen LogP contribution in [0.2, 0.25) is 0 Å². The molecule has 0 aliphatic carbocycles. The molecule has 0 spiro atoms. The lowest BCUT2D eigenvalue weighted by atomic mass is 9.95. The molecule has 1 amide bonds. The van der Waals surface area contributed by atoms with Gasteiger partial charge in [-0.25, -0.2) is 0 Å². The average Bonchev–Trinajstić information content (AvgIpc) is 2.34. The van der Waals surface area contributed by atoms with Gasteiger partial charge in [-0.05, 0) is 13.8 Å². The van der Waals surface area contributed by atoms with Gasteiger partial charge in [0.1, 0.15) is 0 Å². The highest BCUT2D eigenvalue weighted by Crippen LogP contribution is 2.11. The Morgan fingerprint density at radius 3 is 2.00 bits per heavy atom. The number of ether oxygens (including phenoxy) is 2. The zero-order valence-corrected chi connectivity index (χ0v) is 11.4. The van der Waals surface area contributed by atoms with Gasteiger partial charge in [0.25, 0.3) is 0 Å². The van der Waals surface area contributed by atoms with E-state index >= 15 is 0 Å². The molecule has 0 fully saturated rings. The van der Waals surface area contributed by atoms with Gasteiger partial charge in [0.15, 0.2) is 6.29 Å². The predicted octanol–water partition coefficient (Wildman–Crippen LogP) is 0.858. The second-order valence-electron chi connectivity index (χ2n) is 4.00. The van der Waals surface area contributed by atoms with Crippen molar-refractivity contribution in [2.75, 3.05) is 19.8 Å². The van der Waals surface area contributed by atoms with Crippen LogP contribution in [0.25, 0.3) is 0 Å². The summed E-state index contributed by atoms with van der Waals surface area (Å²) in [5.41, 5.74) is 0. The second kappa shape index (κ2) is 8.88. The first-order valence-electron chi connectivity index (χ1n) is 6.17. The van der Waals surface area contributed by atoms with Gasteiger partial charge in [0.05, 0.1) is 12.5 Å². The van der Waals surface area contributed by atoms with Crippen molar-refractivity contribution in [1.29, 1.82) is 0 Å². The van der Waals surface area contributed by atoms with Gasteiger partial charge < -0.3 is 19.9 Å². The molecule has 0 bridgehead atoms. The fourth-order valence-corrected chi connectivity index (χ4v) is 1.32. The van der Waals surface area contributed by atoms with Crippen molar-refractivity contribution in [3.8, 4) is 0 Å². The lowest BCUT2D eigenvalue weighted by Gasteiger charge is -2.20. The summed E-state index contributed by atoms with van der Waals surface area (Å²) in [6.07, 6.45) is -0.490. The van der Waals surface area contributed by atoms with Crippen molar-refractivity contribution in [1.82, 2.24) is 5.32 Å². The molecule has 2 unspecified atom stereocenters. The molecule has 18 heavy (non-hydrogen) atoms. The third-order valence-corrected chi connectivity index (χ3v) is 2.70. The molecule has 0 saturated heterocycles. The van der Waals surface area contributed by atoms with E-state index in [0.717, 1.165) is 0 Å². The maximum absolute atomic E-state index is 11.7. The number of nitrogens with one attached hydrogen (secondary N) is 1. The van der Waals surface area contributed by atoms with E-state index in [4.69, 9.17) is 14.6 Å². The molecular formula is C12H23NO5. The summed E-state index contributed by atoms with van der Waals surface area (Å²) >= 11 is 0. The van der Waals surface area contributed by atoms with Gasteiger partial charge >= 0.3 is 5.97 Å². The Balaban J connectivity index is 4.17. The molecule has 0 radical (unpaired) electrons. The van der Waals surface area contributed by atoms with E-state index < -0.39 is 24.1 Å². The largest absolute Gasteiger partial charge is 0.481 e. The Kier molecular flexibility index (Phi) is 8.32. The summed E-state index contributed by atoms with van der Waals surface area (Å²) in [5, 5.41) is 11.5. The van der Waals surface area contributed by atoms with Crippen molar-refractivity contribution in [3.63, 3.8) is 0 Å². The monoisotopic (exact) mass is 261 g/mol. The van der Waals surface area contributed by atoms with E-state index in [0.29, 0.717) is 13.2 Å². The fourth-order valence-electron chi connectivity index (χ4n) is 1.32. The highest BCUT2D eigenvalue weighted by Gasteiger charge is 2.26. The number of carboxylic acid groups (broad SMARTS) is 1. The standard InChI is InChI=1S/C12H23NO5/c1-5-17-10(18-6-2)7-13-11(14)8(3)9(4)12(15)16/h8-10H,5-7H2,1-4H3,(H,13,14)(H,15,16). The maximum Gasteiger partial charge on any atom is 0.307 e. The first kappa shape index (κ1) is 16.9. The Hall–Kier alpha value is -1.14. The number of hydrogen-bond acceptors (Lipinski definition) is 4. The summed E-state index contributed by atoms with van der Waals surface area (Å²) in [6.45, 7) is 7.96. The van der Waals surface area contributed by atoms with Crippen LogP contribution in [0.3, 0.4) is 0 Å². The SMILES string of the molecule is CCOC(CNC(=O)C(C)C(C)C(=O)O)OCC. The Bertz CT molecular complexity index is 263. The van der Waals surface area contributed by atoms with E-state index in [-0.39, 0.29) is 12.5 Å². The van der Waals surface area contributed by atoms with Gasteiger partial charge in [0.2, 0.25) is 5.91 Å². The van der Waals surface area contributed by atoms with Gasteiger partial charge in [-0.15, -0.1) is 0 Å². The normalized spacial score (nSPS) is 14.3. The van der Waals surface area contributed by atoms with Crippen LogP contribution < -0.4 is 5.32 Å². The molecule has 6 heteroatoms. The third-order valence-electron chi connectivity index (χ3n) is 2.70. The van der Waals surface area contributed by atoms with Crippen LogP contribution in [0.5, 0.6) is 0 Å². The average molecular weight is 261 g/mol. The van der Waals surface area contributed by atoms with E-state index in [9.17, 15) is 9.59 Å². The van der Waals surface area contributed by atoms with Crippen LogP contribution in [0, 0.1) is 11.8 Å².